The van der Waals surface area contributed by atoms with E-state index in [9.17, 15) is 23.4 Å². The number of alkyl halides is 3. The van der Waals surface area contributed by atoms with E-state index < -0.39 is 42.4 Å². The lowest BCUT2D eigenvalue weighted by Crippen LogP contribution is -2.59. The van der Waals surface area contributed by atoms with Crippen molar-refractivity contribution in [3.05, 3.63) is 23.9 Å². The Bertz CT molecular complexity index is 524. The Morgan fingerprint density at radius 3 is 2.35 bits per heavy atom. The van der Waals surface area contributed by atoms with Crippen molar-refractivity contribution in [3.8, 4) is 5.88 Å². The number of hydrogen-bond acceptors (Lipinski definition) is 5. The Hall–Kier alpha value is -1.38. The van der Waals surface area contributed by atoms with E-state index >= 15 is 0 Å². The van der Waals surface area contributed by atoms with E-state index in [-0.39, 0.29) is 5.88 Å². The predicted octanol–water partition coefficient (Wildman–Crippen LogP) is 2.16. The van der Waals surface area contributed by atoms with Gasteiger partial charge in [0.15, 0.2) is 6.10 Å². The third-order valence-corrected chi connectivity index (χ3v) is 3.86. The second kappa shape index (κ2) is 7.02. The summed E-state index contributed by atoms with van der Waals surface area (Å²) in [6.45, 7) is 3.61. The highest BCUT2D eigenvalue weighted by Gasteiger charge is 2.44. The zero-order chi connectivity index (χ0) is 17.2. The Kier molecular flexibility index (Phi) is 5.49. The third kappa shape index (κ3) is 3.94. The van der Waals surface area contributed by atoms with Crippen molar-refractivity contribution in [1.29, 1.82) is 0 Å². The molecule has 1 aromatic rings. The van der Waals surface area contributed by atoms with Gasteiger partial charge in [0.1, 0.15) is 17.9 Å². The van der Waals surface area contributed by atoms with Crippen LogP contribution in [-0.2, 0) is 10.9 Å². The molecule has 0 bridgehead atoms. The van der Waals surface area contributed by atoms with Crippen LogP contribution in [0.5, 0.6) is 5.88 Å². The summed E-state index contributed by atoms with van der Waals surface area (Å²) in [6.07, 6.45) is -8.12. The fourth-order valence-electron chi connectivity index (χ4n) is 2.61. The summed E-state index contributed by atoms with van der Waals surface area (Å²) in [4.78, 5) is 3.41. The minimum atomic E-state index is -4.59. The quantitative estimate of drug-likeness (QED) is 0.882. The van der Waals surface area contributed by atoms with Gasteiger partial charge in [-0.15, -0.1) is 0 Å². The Balaban J connectivity index is 2.20. The first-order valence-electron chi connectivity index (χ1n) is 7.50. The molecule has 0 aromatic carbocycles. The third-order valence-electron chi connectivity index (χ3n) is 3.86. The number of nitrogens with zero attached hydrogens (tertiary/aromatic N) is 1. The van der Waals surface area contributed by atoms with Crippen LogP contribution in [0.15, 0.2) is 18.2 Å². The molecule has 5 atom stereocenters. The zero-order valence-corrected chi connectivity index (χ0v) is 12.8. The molecule has 1 saturated heterocycles. The summed E-state index contributed by atoms with van der Waals surface area (Å²) in [5.41, 5.74) is -1.08. The highest BCUT2D eigenvalue weighted by molar-refractivity contribution is 5.18. The monoisotopic (exact) mass is 335 g/mol. The number of pyridine rings is 1. The number of halogens is 3. The van der Waals surface area contributed by atoms with Gasteiger partial charge in [-0.1, -0.05) is 19.9 Å². The van der Waals surface area contributed by atoms with Gasteiger partial charge in [0.05, 0.1) is 12.2 Å². The summed E-state index contributed by atoms with van der Waals surface area (Å²) in [5.74, 6) is -0.270. The molecule has 0 spiro atoms. The first-order valence-corrected chi connectivity index (χ1v) is 7.50. The van der Waals surface area contributed by atoms with Crippen molar-refractivity contribution >= 4 is 0 Å². The summed E-state index contributed by atoms with van der Waals surface area (Å²) >= 11 is 0. The highest BCUT2D eigenvalue weighted by Crippen LogP contribution is 2.31. The molecule has 2 heterocycles. The van der Waals surface area contributed by atoms with E-state index in [0.29, 0.717) is 12.8 Å². The maximum atomic E-state index is 12.7. The van der Waals surface area contributed by atoms with E-state index in [0.717, 1.165) is 6.07 Å². The number of ether oxygens (including phenoxy) is 2. The van der Waals surface area contributed by atoms with E-state index in [4.69, 9.17) is 9.47 Å². The van der Waals surface area contributed by atoms with Gasteiger partial charge in [0.25, 0.3) is 0 Å². The van der Waals surface area contributed by atoms with Gasteiger partial charge >= 0.3 is 6.18 Å². The van der Waals surface area contributed by atoms with E-state index in [1.54, 1.807) is 6.92 Å². The Labute approximate surface area is 132 Å². The maximum Gasteiger partial charge on any atom is 0.433 e. The van der Waals surface area contributed by atoms with Crippen molar-refractivity contribution in [3.63, 3.8) is 0 Å². The van der Waals surface area contributed by atoms with E-state index in [1.165, 1.54) is 12.1 Å². The van der Waals surface area contributed by atoms with Crippen molar-refractivity contribution in [2.24, 2.45) is 0 Å². The molecule has 1 aromatic heterocycles. The predicted molar refractivity (Wildman–Crippen MR) is 74.9 cm³/mol. The van der Waals surface area contributed by atoms with Gasteiger partial charge in [0.2, 0.25) is 5.88 Å². The first-order chi connectivity index (χ1) is 10.8. The highest BCUT2D eigenvalue weighted by atomic mass is 19.4. The average Bonchev–Trinajstić information content (AvgIpc) is 2.52. The fraction of sp³-hybridized carbons (Fsp3) is 0.667. The summed E-state index contributed by atoms with van der Waals surface area (Å²) in [5, 5.41) is 20.3. The molecule has 0 radical (unpaired) electrons. The molecule has 1 aliphatic heterocycles. The van der Waals surface area contributed by atoms with Crippen molar-refractivity contribution in [1.82, 2.24) is 4.98 Å². The molecule has 0 unspecified atom stereocenters. The molecule has 2 rings (SSSR count). The molecule has 0 amide bonds. The van der Waals surface area contributed by atoms with Gasteiger partial charge in [-0.05, 0) is 18.9 Å². The van der Waals surface area contributed by atoms with Crippen LogP contribution >= 0.6 is 0 Å². The molecule has 0 aliphatic carbocycles. The van der Waals surface area contributed by atoms with Crippen LogP contribution in [-0.4, -0.2) is 45.7 Å². The number of aromatic nitrogens is 1. The molecular weight excluding hydrogens is 315 g/mol. The Morgan fingerprint density at radius 1 is 1.13 bits per heavy atom. The van der Waals surface area contributed by atoms with Crippen LogP contribution in [0.1, 0.15) is 32.4 Å². The van der Waals surface area contributed by atoms with Crippen LogP contribution in [0.25, 0.3) is 0 Å². The van der Waals surface area contributed by atoms with E-state index in [1.807, 2.05) is 6.92 Å². The minimum Gasteiger partial charge on any atom is -0.469 e. The van der Waals surface area contributed by atoms with Crippen LogP contribution in [0.3, 0.4) is 0 Å². The molecule has 8 heteroatoms. The smallest absolute Gasteiger partial charge is 0.433 e. The minimum absolute atomic E-state index is 0.270. The standard InChI is InChI=1S/C15H20F3NO4/c1-3-8-12(20)13(21)14(9(4-2)22-8)23-11-7-5-6-10(19-11)15(16,17)18/h5-9,12-14,20-21H,3-4H2,1-2H3/t8-,9-,12+,13+,14+/m1/s1. The molecule has 23 heavy (non-hydrogen) atoms. The van der Waals surface area contributed by atoms with Crippen molar-refractivity contribution in [2.75, 3.05) is 0 Å². The largest absolute Gasteiger partial charge is 0.469 e. The van der Waals surface area contributed by atoms with Gasteiger partial charge in [0, 0.05) is 6.07 Å². The molecule has 0 saturated carbocycles. The summed E-state index contributed by atoms with van der Waals surface area (Å²) < 4.78 is 49.2. The summed E-state index contributed by atoms with van der Waals surface area (Å²) in [7, 11) is 0. The molecular formula is C15H20F3NO4. The van der Waals surface area contributed by atoms with Crippen LogP contribution in [0.4, 0.5) is 13.2 Å². The lowest BCUT2D eigenvalue weighted by molar-refractivity contribution is -0.216. The first kappa shape index (κ1) is 18.0. The van der Waals surface area contributed by atoms with Gasteiger partial charge in [-0.2, -0.15) is 13.2 Å². The average molecular weight is 335 g/mol. The number of aliphatic hydroxyl groups excluding tert-OH is 2. The van der Waals surface area contributed by atoms with E-state index in [2.05, 4.69) is 4.98 Å². The molecule has 1 aliphatic rings. The molecule has 130 valence electrons. The number of rotatable bonds is 4. The van der Waals surface area contributed by atoms with Crippen molar-refractivity contribution in [2.45, 2.75) is 63.4 Å². The second-order valence-corrected chi connectivity index (χ2v) is 5.45. The Morgan fingerprint density at radius 2 is 1.78 bits per heavy atom. The van der Waals surface area contributed by atoms with Gasteiger partial charge < -0.3 is 19.7 Å². The molecule has 1 fully saturated rings. The normalized spacial score (nSPS) is 31.9. The molecule has 5 nitrogen and oxygen atoms in total. The maximum absolute atomic E-state index is 12.7. The molecule has 2 N–H and O–H groups in total. The van der Waals surface area contributed by atoms with Gasteiger partial charge in [-0.3, -0.25) is 0 Å². The lowest BCUT2D eigenvalue weighted by atomic mass is 9.92. The SMILES string of the molecule is CC[C@H]1O[C@H](CC)[C@H](Oc2cccc(C(F)(F)F)n2)[C@@H](O)[C@H]1O. The van der Waals surface area contributed by atoms with Crippen LogP contribution in [0, 0.1) is 0 Å². The zero-order valence-electron chi connectivity index (χ0n) is 12.8. The lowest BCUT2D eigenvalue weighted by Gasteiger charge is -2.42. The number of hydrogen-bond donors (Lipinski definition) is 2. The van der Waals surface area contributed by atoms with Gasteiger partial charge in [-0.25, -0.2) is 4.98 Å². The van der Waals surface area contributed by atoms with Crippen molar-refractivity contribution < 1.29 is 32.9 Å². The van der Waals surface area contributed by atoms with Crippen LogP contribution in [0.2, 0.25) is 0 Å². The second-order valence-electron chi connectivity index (χ2n) is 5.45. The number of aliphatic hydroxyl groups is 2. The topological polar surface area (TPSA) is 71.8 Å². The van der Waals surface area contributed by atoms with Crippen LogP contribution < -0.4 is 4.74 Å². The summed E-state index contributed by atoms with van der Waals surface area (Å²) in [6, 6.07) is 3.28. The fourth-order valence-corrected chi connectivity index (χ4v) is 2.61.